The van der Waals surface area contributed by atoms with Crippen LogP contribution in [0.3, 0.4) is 0 Å². The monoisotopic (exact) mass is 1080 g/mol. The summed E-state index contributed by atoms with van der Waals surface area (Å²) in [7, 11) is 0. The average molecular weight is 1080 g/mol. The van der Waals surface area contributed by atoms with E-state index in [4.69, 9.17) is 4.74 Å². The molecule has 0 bridgehead atoms. The normalized spacial score (nSPS) is 12.7. The number of allylic oxidation sites excluding steroid dienone is 5. The maximum atomic E-state index is 12.5. The van der Waals surface area contributed by atoms with Gasteiger partial charge in [-0.2, -0.15) is 0 Å². The van der Waals surface area contributed by atoms with Crippen molar-refractivity contribution in [3.8, 4) is 0 Å². The van der Waals surface area contributed by atoms with Crippen molar-refractivity contribution in [2.24, 2.45) is 0 Å². The predicted octanol–water partition coefficient (Wildman–Crippen LogP) is 22.3. The van der Waals surface area contributed by atoms with Gasteiger partial charge in [0.1, 0.15) is 0 Å². The van der Waals surface area contributed by atoms with Crippen LogP contribution in [0.25, 0.3) is 0 Å². The first-order valence-electron chi connectivity index (χ1n) is 34.8. The summed E-state index contributed by atoms with van der Waals surface area (Å²) in [6, 6.07) is -0.626. The van der Waals surface area contributed by atoms with Gasteiger partial charge in [-0.15, -0.1) is 0 Å². The second kappa shape index (κ2) is 66.6. The van der Waals surface area contributed by atoms with E-state index in [1.54, 1.807) is 6.08 Å². The fourth-order valence-corrected chi connectivity index (χ4v) is 10.8. The number of esters is 1. The minimum atomic E-state index is -0.843. The summed E-state index contributed by atoms with van der Waals surface area (Å²) in [5, 5.41) is 23.2. The lowest BCUT2D eigenvalue weighted by atomic mass is 10.0. The number of aliphatic hydroxyl groups is 2. The van der Waals surface area contributed by atoms with Gasteiger partial charge in [0.2, 0.25) is 5.91 Å². The average Bonchev–Trinajstić information content (AvgIpc) is 3.43. The summed E-state index contributed by atoms with van der Waals surface area (Å²) in [6.45, 7) is 4.90. The molecule has 0 aliphatic heterocycles. The van der Waals surface area contributed by atoms with E-state index < -0.39 is 12.1 Å². The van der Waals surface area contributed by atoms with Crippen LogP contribution in [0.4, 0.5) is 0 Å². The molecular weight excluding hydrogens is 947 g/mol. The van der Waals surface area contributed by atoms with Crippen LogP contribution in [0.15, 0.2) is 36.5 Å². The van der Waals surface area contributed by atoms with Crippen LogP contribution in [-0.2, 0) is 14.3 Å². The Hall–Kier alpha value is -1.92. The van der Waals surface area contributed by atoms with Crippen LogP contribution in [0.2, 0.25) is 0 Å². The number of aliphatic hydroxyl groups excluding tert-OH is 2. The van der Waals surface area contributed by atoms with Crippen LogP contribution in [0, 0.1) is 0 Å². The summed E-state index contributed by atoms with van der Waals surface area (Å²) in [5.74, 6) is -0.0584. The number of hydrogen-bond donors (Lipinski definition) is 3. The molecule has 0 rings (SSSR count). The van der Waals surface area contributed by atoms with Gasteiger partial charge in [0, 0.05) is 12.8 Å². The van der Waals surface area contributed by atoms with E-state index >= 15 is 0 Å². The minimum Gasteiger partial charge on any atom is -0.466 e. The van der Waals surface area contributed by atoms with E-state index in [0.717, 1.165) is 51.4 Å². The molecule has 3 N–H and O–H groups in total. The summed E-state index contributed by atoms with van der Waals surface area (Å²) < 4.78 is 5.49. The molecule has 0 saturated carbocycles. The standard InChI is InChI=1S/C71H135NO5/c1-3-5-7-9-11-13-15-17-19-20-32-36-39-43-47-51-55-59-63-69(74)68(67-73)72-70(75)64-60-56-52-48-44-40-37-33-30-28-26-24-22-21-23-25-27-29-31-34-38-42-46-50-54-58-62-66-77-71(76)65-61-57-53-49-45-41-35-18-16-14-12-10-8-6-4-2/h12,14,18,35,59,63,68-69,73-74H,3-11,13,15-17,19-34,36-58,60-62,64-67H2,1-2H3,(H,72,75)/b14-12-,35-18-,63-59+. The SMILES string of the molecule is CCCCC/C=C\C/C=C\CCCCCCCC(=O)OCCCCCCCCCCCCCCCCCCCCCCCCCCCCCC(=O)NC(CO)C(O)/C=C/CCCCCCCCCCCCCCCCCC. The highest BCUT2D eigenvalue weighted by Crippen LogP contribution is 2.19. The Balaban J connectivity index is 3.38. The summed E-state index contributed by atoms with van der Waals surface area (Å²) in [4.78, 5) is 24.6. The second-order valence-electron chi connectivity index (χ2n) is 23.9. The van der Waals surface area contributed by atoms with E-state index in [1.165, 1.54) is 302 Å². The van der Waals surface area contributed by atoms with Crippen molar-refractivity contribution in [1.29, 1.82) is 0 Å². The third-order valence-electron chi connectivity index (χ3n) is 16.2. The number of carbonyl (C=O) groups is 2. The van der Waals surface area contributed by atoms with Gasteiger partial charge in [-0.1, -0.05) is 339 Å². The van der Waals surface area contributed by atoms with Gasteiger partial charge in [-0.05, 0) is 64.2 Å². The molecule has 6 heteroatoms. The number of hydrogen-bond acceptors (Lipinski definition) is 5. The van der Waals surface area contributed by atoms with Crippen molar-refractivity contribution >= 4 is 11.9 Å². The maximum absolute atomic E-state index is 12.5. The zero-order valence-electron chi connectivity index (χ0n) is 52.0. The highest BCUT2D eigenvalue weighted by atomic mass is 16.5. The van der Waals surface area contributed by atoms with Crippen LogP contribution in [-0.4, -0.2) is 47.4 Å². The molecule has 0 heterocycles. The van der Waals surface area contributed by atoms with Gasteiger partial charge in [-0.25, -0.2) is 0 Å². The van der Waals surface area contributed by atoms with Gasteiger partial charge in [-0.3, -0.25) is 9.59 Å². The molecule has 0 aromatic rings. The second-order valence-corrected chi connectivity index (χ2v) is 23.9. The van der Waals surface area contributed by atoms with E-state index in [-0.39, 0.29) is 18.5 Å². The van der Waals surface area contributed by atoms with E-state index in [0.29, 0.717) is 19.4 Å². The zero-order valence-corrected chi connectivity index (χ0v) is 52.0. The predicted molar refractivity (Wildman–Crippen MR) is 338 cm³/mol. The lowest BCUT2D eigenvalue weighted by molar-refractivity contribution is -0.143. The first kappa shape index (κ1) is 75.1. The molecule has 0 fully saturated rings. The number of rotatable bonds is 65. The molecule has 0 aromatic heterocycles. The van der Waals surface area contributed by atoms with Crippen molar-refractivity contribution in [3.63, 3.8) is 0 Å². The summed E-state index contributed by atoms with van der Waals surface area (Å²) in [5.41, 5.74) is 0. The van der Waals surface area contributed by atoms with Gasteiger partial charge < -0.3 is 20.3 Å². The van der Waals surface area contributed by atoms with Crippen LogP contribution in [0.1, 0.15) is 380 Å². The molecule has 0 spiro atoms. The topological polar surface area (TPSA) is 95.9 Å². The molecule has 2 atom stereocenters. The van der Waals surface area contributed by atoms with Gasteiger partial charge in [0.25, 0.3) is 0 Å². The molecule has 1 amide bonds. The Morgan fingerprint density at radius 3 is 1.01 bits per heavy atom. The van der Waals surface area contributed by atoms with Gasteiger partial charge >= 0.3 is 5.97 Å². The molecular formula is C71H135NO5. The summed E-state index contributed by atoms with van der Waals surface area (Å²) >= 11 is 0. The van der Waals surface area contributed by atoms with E-state index in [9.17, 15) is 19.8 Å². The number of nitrogens with one attached hydrogen (secondary N) is 1. The largest absolute Gasteiger partial charge is 0.466 e. The fraction of sp³-hybridized carbons (Fsp3) is 0.887. The molecule has 6 nitrogen and oxygen atoms in total. The Morgan fingerprint density at radius 1 is 0.364 bits per heavy atom. The van der Waals surface area contributed by atoms with E-state index in [2.05, 4.69) is 43.5 Å². The van der Waals surface area contributed by atoms with Crippen LogP contribution >= 0.6 is 0 Å². The van der Waals surface area contributed by atoms with Gasteiger partial charge in [0.05, 0.1) is 25.4 Å². The van der Waals surface area contributed by atoms with Crippen molar-refractivity contribution in [3.05, 3.63) is 36.5 Å². The lowest BCUT2D eigenvalue weighted by Crippen LogP contribution is -2.45. The molecule has 77 heavy (non-hydrogen) atoms. The zero-order chi connectivity index (χ0) is 55.7. The van der Waals surface area contributed by atoms with Gasteiger partial charge in [0.15, 0.2) is 0 Å². The van der Waals surface area contributed by atoms with Crippen molar-refractivity contribution in [2.75, 3.05) is 13.2 Å². The summed E-state index contributed by atoms with van der Waals surface area (Å²) in [6.07, 6.45) is 85.0. The number of amides is 1. The third kappa shape index (κ3) is 63.1. The molecule has 0 aromatic carbocycles. The van der Waals surface area contributed by atoms with Crippen LogP contribution in [0.5, 0.6) is 0 Å². The molecule has 0 saturated heterocycles. The highest BCUT2D eigenvalue weighted by Gasteiger charge is 2.18. The molecule has 0 radical (unpaired) electrons. The quantitative estimate of drug-likeness (QED) is 0.0320. The number of unbranched alkanes of at least 4 members (excludes halogenated alkanes) is 50. The molecule has 2 unspecified atom stereocenters. The van der Waals surface area contributed by atoms with Crippen LogP contribution < -0.4 is 5.32 Å². The number of ether oxygens (including phenoxy) is 1. The Bertz CT molecular complexity index is 1250. The number of carbonyl (C=O) groups excluding carboxylic acids is 2. The van der Waals surface area contributed by atoms with Crippen molar-refractivity contribution < 1.29 is 24.5 Å². The highest BCUT2D eigenvalue weighted by molar-refractivity contribution is 5.76. The third-order valence-corrected chi connectivity index (χ3v) is 16.2. The lowest BCUT2D eigenvalue weighted by Gasteiger charge is -2.20. The van der Waals surface area contributed by atoms with E-state index in [1.807, 2.05) is 6.08 Å². The smallest absolute Gasteiger partial charge is 0.305 e. The first-order chi connectivity index (χ1) is 38.0. The minimum absolute atomic E-state index is 0.00399. The Labute approximate surface area is 481 Å². The van der Waals surface area contributed by atoms with Crippen molar-refractivity contribution in [1.82, 2.24) is 5.32 Å². The molecule has 0 aliphatic carbocycles. The first-order valence-corrected chi connectivity index (χ1v) is 34.8. The maximum Gasteiger partial charge on any atom is 0.305 e. The Morgan fingerprint density at radius 2 is 0.649 bits per heavy atom. The van der Waals surface area contributed by atoms with Crippen molar-refractivity contribution in [2.45, 2.75) is 392 Å². The fourth-order valence-electron chi connectivity index (χ4n) is 10.8. The molecule has 454 valence electrons. The molecule has 0 aliphatic rings. The Kier molecular flexibility index (Phi) is 64.9.